The molecule has 1 amide bonds. The first kappa shape index (κ1) is 13.6. The fourth-order valence-electron chi connectivity index (χ4n) is 5.23. The first-order valence-electron chi connectivity index (χ1n) is 7.73. The lowest BCUT2D eigenvalue weighted by Gasteiger charge is -2.59. The standard InChI is InChI=1S/C17H19ClFNO/c18-17-8-11-5-12(9-17)7-16(6-11,10-17)15(21)20-14-4-2-1-3-13(14)19/h1-4,11-12H,5-10H2,(H,20,21)/t11-,12+,16?,17?. The van der Waals surface area contributed by atoms with Gasteiger partial charge in [0, 0.05) is 4.87 Å². The van der Waals surface area contributed by atoms with Gasteiger partial charge in [0.05, 0.1) is 11.1 Å². The summed E-state index contributed by atoms with van der Waals surface area (Å²) in [4.78, 5) is 12.6. The summed E-state index contributed by atoms with van der Waals surface area (Å²) in [5.41, 5.74) is -0.101. The van der Waals surface area contributed by atoms with Crippen LogP contribution in [-0.2, 0) is 4.79 Å². The molecular weight excluding hydrogens is 289 g/mol. The average Bonchev–Trinajstić information content (AvgIpc) is 2.38. The molecule has 4 aliphatic carbocycles. The van der Waals surface area contributed by atoms with Crippen molar-refractivity contribution >= 4 is 23.2 Å². The lowest BCUT2D eigenvalue weighted by molar-refractivity contribution is -0.138. The van der Waals surface area contributed by atoms with Crippen molar-refractivity contribution in [2.45, 2.75) is 43.4 Å². The predicted octanol–water partition coefficient (Wildman–Crippen LogP) is 4.34. The van der Waals surface area contributed by atoms with E-state index in [0.717, 1.165) is 32.1 Å². The van der Waals surface area contributed by atoms with Crippen molar-refractivity contribution in [2.24, 2.45) is 17.3 Å². The van der Waals surface area contributed by atoms with Crippen LogP contribution < -0.4 is 5.32 Å². The number of hydrogen-bond acceptors (Lipinski definition) is 1. The van der Waals surface area contributed by atoms with Crippen LogP contribution in [0.1, 0.15) is 38.5 Å². The third kappa shape index (κ3) is 2.17. The number of anilines is 1. The third-order valence-electron chi connectivity index (χ3n) is 5.59. The highest BCUT2D eigenvalue weighted by atomic mass is 35.5. The molecule has 5 rings (SSSR count). The molecule has 0 heterocycles. The van der Waals surface area contributed by atoms with Crippen LogP contribution >= 0.6 is 11.6 Å². The van der Waals surface area contributed by atoms with Gasteiger partial charge in [0.15, 0.2) is 0 Å². The number of carbonyl (C=O) groups excluding carboxylic acids is 1. The first-order chi connectivity index (χ1) is 9.98. The molecule has 2 unspecified atom stereocenters. The fraction of sp³-hybridized carbons (Fsp3) is 0.588. The first-order valence-corrected chi connectivity index (χ1v) is 8.11. The van der Waals surface area contributed by atoms with Gasteiger partial charge in [0.2, 0.25) is 5.91 Å². The number of alkyl halides is 1. The quantitative estimate of drug-likeness (QED) is 0.809. The number of para-hydroxylation sites is 1. The van der Waals surface area contributed by atoms with Gasteiger partial charge in [-0.05, 0) is 62.5 Å². The van der Waals surface area contributed by atoms with Crippen LogP contribution in [0.15, 0.2) is 24.3 Å². The molecule has 1 aromatic rings. The van der Waals surface area contributed by atoms with Crippen LogP contribution in [-0.4, -0.2) is 10.8 Å². The van der Waals surface area contributed by atoms with Gasteiger partial charge < -0.3 is 5.32 Å². The monoisotopic (exact) mass is 307 g/mol. The van der Waals surface area contributed by atoms with Gasteiger partial charge in [0.1, 0.15) is 5.82 Å². The second-order valence-corrected chi connectivity index (χ2v) is 8.13. The molecule has 4 fully saturated rings. The van der Waals surface area contributed by atoms with E-state index in [-0.39, 0.29) is 27.7 Å². The van der Waals surface area contributed by atoms with E-state index in [0.29, 0.717) is 11.8 Å². The van der Waals surface area contributed by atoms with Crippen LogP contribution in [0.4, 0.5) is 10.1 Å². The number of halogens is 2. The van der Waals surface area contributed by atoms with E-state index >= 15 is 0 Å². The Morgan fingerprint density at radius 3 is 2.48 bits per heavy atom. The lowest BCUT2D eigenvalue weighted by Crippen LogP contribution is -2.57. The Kier molecular flexibility index (Phi) is 2.88. The minimum Gasteiger partial charge on any atom is -0.323 e. The van der Waals surface area contributed by atoms with Crippen molar-refractivity contribution in [2.75, 3.05) is 5.32 Å². The minimum absolute atomic E-state index is 0.0354. The molecular formula is C17H19ClFNO. The molecule has 21 heavy (non-hydrogen) atoms. The Labute approximate surface area is 129 Å². The second-order valence-electron chi connectivity index (χ2n) is 7.33. The molecule has 1 aromatic carbocycles. The Balaban J connectivity index is 1.61. The molecule has 4 heteroatoms. The summed E-state index contributed by atoms with van der Waals surface area (Å²) in [6, 6.07) is 6.35. The summed E-state index contributed by atoms with van der Waals surface area (Å²) >= 11 is 6.74. The van der Waals surface area contributed by atoms with Crippen molar-refractivity contribution in [1.82, 2.24) is 0 Å². The van der Waals surface area contributed by atoms with Crippen LogP contribution in [0.2, 0.25) is 0 Å². The Hall–Kier alpha value is -1.09. The van der Waals surface area contributed by atoms with Gasteiger partial charge in [-0.2, -0.15) is 0 Å². The summed E-state index contributed by atoms with van der Waals surface area (Å²) < 4.78 is 13.8. The van der Waals surface area contributed by atoms with Crippen LogP contribution in [0.25, 0.3) is 0 Å². The summed E-state index contributed by atoms with van der Waals surface area (Å²) in [5, 5.41) is 2.81. The largest absolute Gasteiger partial charge is 0.323 e. The number of nitrogens with one attached hydrogen (secondary N) is 1. The predicted molar refractivity (Wildman–Crippen MR) is 80.7 cm³/mol. The van der Waals surface area contributed by atoms with Crippen LogP contribution in [0, 0.1) is 23.1 Å². The normalized spacial score (nSPS) is 40.3. The van der Waals surface area contributed by atoms with Gasteiger partial charge >= 0.3 is 0 Å². The zero-order chi connectivity index (χ0) is 14.7. The fourth-order valence-corrected chi connectivity index (χ4v) is 5.93. The summed E-state index contributed by atoms with van der Waals surface area (Å²) in [5.74, 6) is 0.716. The van der Waals surface area contributed by atoms with Crippen molar-refractivity contribution in [1.29, 1.82) is 0 Å². The molecule has 0 saturated heterocycles. The number of hydrogen-bond donors (Lipinski definition) is 1. The Morgan fingerprint density at radius 2 is 1.86 bits per heavy atom. The van der Waals surface area contributed by atoms with Gasteiger partial charge in [0.25, 0.3) is 0 Å². The maximum Gasteiger partial charge on any atom is 0.230 e. The smallest absolute Gasteiger partial charge is 0.230 e. The highest BCUT2D eigenvalue weighted by Crippen LogP contribution is 2.64. The highest BCUT2D eigenvalue weighted by Gasteiger charge is 2.60. The summed E-state index contributed by atoms with van der Waals surface area (Å²) in [6.07, 6.45) is 5.87. The van der Waals surface area contributed by atoms with Crippen LogP contribution in [0.5, 0.6) is 0 Å². The highest BCUT2D eigenvalue weighted by molar-refractivity contribution is 6.24. The Bertz CT molecular complexity index is 588. The number of rotatable bonds is 2. The molecule has 0 aromatic heterocycles. The molecule has 2 nitrogen and oxygen atoms in total. The second kappa shape index (κ2) is 4.45. The third-order valence-corrected chi connectivity index (χ3v) is 6.04. The molecule has 0 spiro atoms. The van der Waals surface area contributed by atoms with Gasteiger partial charge in [-0.25, -0.2) is 4.39 Å². The number of amides is 1. The van der Waals surface area contributed by atoms with E-state index in [1.165, 1.54) is 12.5 Å². The van der Waals surface area contributed by atoms with Gasteiger partial charge in [-0.15, -0.1) is 11.6 Å². The van der Waals surface area contributed by atoms with E-state index in [9.17, 15) is 9.18 Å². The molecule has 4 saturated carbocycles. The zero-order valence-electron chi connectivity index (χ0n) is 11.9. The molecule has 1 N–H and O–H groups in total. The molecule has 112 valence electrons. The number of carbonyl (C=O) groups is 1. The van der Waals surface area contributed by atoms with Gasteiger partial charge in [-0.3, -0.25) is 4.79 Å². The Morgan fingerprint density at radius 1 is 1.19 bits per heavy atom. The van der Waals surface area contributed by atoms with Crippen molar-refractivity contribution < 1.29 is 9.18 Å². The SMILES string of the molecule is O=C(Nc1ccccc1F)C12C[C@@H]3C[C@@H](CC(Cl)(C3)C1)C2. The van der Waals surface area contributed by atoms with Gasteiger partial charge in [-0.1, -0.05) is 12.1 Å². The number of benzene rings is 1. The maximum absolute atomic E-state index is 13.8. The van der Waals surface area contributed by atoms with Crippen LogP contribution in [0.3, 0.4) is 0 Å². The summed E-state index contributed by atoms with van der Waals surface area (Å²) in [7, 11) is 0. The van der Waals surface area contributed by atoms with E-state index in [4.69, 9.17) is 11.6 Å². The molecule has 0 radical (unpaired) electrons. The zero-order valence-corrected chi connectivity index (χ0v) is 12.6. The van der Waals surface area contributed by atoms with E-state index < -0.39 is 0 Å². The van der Waals surface area contributed by atoms with Crippen molar-refractivity contribution in [3.05, 3.63) is 30.1 Å². The molecule has 4 aliphatic rings. The van der Waals surface area contributed by atoms with Crippen molar-refractivity contribution in [3.63, 3.8) is 0 Å². The van der Waals surface area contributed by atoms with E-state index in [1.807, 2.05) is 0 Å². The van der Waals surface area contributed by atoms with E-state index in [2.05, 4.69) is 5.32 Å². The lowest BCUT2D eigenvalue weighted by atomic mass is 9.49. The average molecular weight is 308 g/mol. The topological polar surface area (TPSA) is 29.1 Å². The maximum atomic E-state index is 13.8. The minimum atomic E-state index is -0.381. The van der Waals surface area contributed by atoms with E-state index in [1.54, 1.807) is 18.2 Å². The molecule has 4 bridgehead atoms. The summed E-state index contributed by atoms with van der Waals surface area (Å²) in [6.45, 7) is 0. The molecule has 0 aliphatic heterocycles. The molecule has 4 atom stereocenters. The van der Waals surface area contributed by atoms with Crippen molar-refractivity contribution in [3.8, 4) is 0 Å².